The molecular weight excluding hydrogens is 651 g/mol. The van der Waals surface area contributed by atoms with Crippen molar-refractivity contribution in [3.63, 3.8) is 0 Å². The molecule has 0 saturated carbocycles. The Morgan fingerprint density at radius 1 is 0.867 bits per heavy atom. The lowest BCUT2D eigenvalue weighted by atomic mass is 10.1. The van der Waals surface area contributed by atoms with E-state index in [-0.39, 0.29) is 11.4 Å². The van der Waals surface area contributed by atoms with Crippen molar-refractivity contribution in [3.05, 3.63) is 146 Å². The number of rotatable bonds is 9. The first-order valence-corrected chi connectivity index (χ1v) is 16.4. The Balaban J connectivity index is 1.33. The zero-order valence-corrected chi connectivity index (χ0v) is 27.7. The van der Waals surface area contributed by atoms with Crippen LogP contribution in [0.2, 0.25) is 15.1 Å². The van der Waals surface area contributed by atoms with E-state index < -0.39 is 15.9 Å². The van der Waals surface area contributed by atoms with Crippen molar-refractivity contribution in [2.45, 2.75) is 32.2 Å². The Labute approximate surface area is 277 Å². The molecule has 230 valence electrons. The minimum atomic E-state index is -3.92. The Bertz CT molecular complexity index is 2010. The zero-order chi connectivity index (χ0) is 32.3. The second kappa shape index (κ2) is 13.5. The fourth-order valence-corrected chi connectivity index (χ4v) is 7.16. The summed E-state index contributed by atoms with van der Waals surface area (Å²) in [6.07, 6.45) is 1.58. The van der Waals surface area contributed by atoms with Crippen LogP contribution in [0.25, 0.3) is 5.69 Å². The van der Waals surface area contributed by atoms with Crippen LogP contribution in [0.15, 0.2) is 107 Å². The molecule has 0 radical (unpaired) electrons. The van der Waals surface area contributed by atoms with Gasteiger partial charge in [-0.05, 0) is 92.6 Å². The van der Waals surface area contributed by atoms with Crippen LogP contribution in [0.1, 0.15) is 38.4 Å². The van der Waals surface area contributed by atoms with Gasteiger partial charge in [0.1, 0.15) is 0 Å². The highest BCUT2D eigenvalue weighted by Crippen LogP contribution is 2.32. The number of nitrogens with one attached hydrogen (secondary N) is 1. The van der Waals surface area contributed by atoms with E-state index >= 15 is 0 Å². The predicted molar refractivity (Wildman–Crippen MR) is 183 cm³/mol. The summed E-state index contributed by atoms with van der Waals surface area (Å²) >= 11 is 18.8. The molecule has 1 aromatic heterocycles. The number of benzene rings is 4. The fraction of sp³-hybridized carbons (Fsp3) is 0.118. The molecular formula is C34H29Cl3N4O3S. The molecule has 0 fully saturated rings. The molecule has 0 aliphatic rings. The van der Waals surface area contributed by atoms with Crippen LogP contribution >= 0.6 is 34.8 Å². The molecule has 0 unspecified atom stereocenters. The summed E-state index contributed by atoms with van der Waals surface area (Å²) in [6.45, 7) is 5.75. The number of aryl methyl sites for hydroxylation is 2. The number of nitrogens with zero attached hydrogens (tertiary/aromatic N) is 3. The van der Waals surface area contributed by atoms with Crippen LogP contribution in [-0.2, 0) is 16.6 Å². The van der Waals surface area contributed by atoms with E-state index in [1.165, 1.54) is 4.31 Å². The lowest BCUT2D eigenvalue weighted by Gasteiger charge is -2.26. The molecule has 0 atom stereocenters. The number of hydrazone groups is 1. The number of halogens is 3. The number of aromatic nitrogens is 1. The number of sulfonamides is 1. The van der Waals surface area contributed by atoms with Gasteiger partial charge in [-0.3, -0.25) is 9.10 Å². The minimum absolute atomic E-state index is 0.0334. The van der Waals surface area contributed by atoms with Crippen molar-refractivity contribution in [1.29, 1.82) is 0 Å². The minimum Gasteiger partial charge on any atom is -0.316 e. The summed E-state index contributed by atoms with van der Waals surface area (Å²) in [6, 6.07) is 27.3. The molecule has 1 N–H and O–H groups in total. The van der Waals surface area contributed by atoms with Crippen LogP contribution in [0.4, 0.5) is 5.69 Å². The molecule has 45 heavy (non-hydrogen) atoms. The highest BCUT2D eigenvalue weighted by atomic mass is 35.5. The van der Waals surface area contributed by atoms with Gasteiger partial charge < -0.3 is 4.57 Å². The van der Waals surface area contributed by atoms with Crippen LogP contribution in [0, 0.1) is 20.8 Å². The number of carbonyl (C=O) groups excluding carboxylic acids is 1. The first-order valence-electron chi connectivity index (χ1n) is 13.9. The molecule has 5 rings (SSSR count). The van der Waals surface area contributed by atoms with Crippen molar-refractivity contribution < 1.29 is 13.2 Å². The Morgan fingerprint density at radius 2 is 1.53 bits per heavy atom. The molecule has 0 spiro atoms. The first-order chi connectivity index (χ1) is 21.5. The van der Waals surface area contributed by atoms with E-state index in [2.05, 4.69) is 10.5 Å². The normalized spacial score (nSPS) is 11.6. The average molecular weight is 680 g/mol. The Hall–Kier alpha value is -4.08. The maximum Gasteiger partial charge on any atom is 0.271 e. The van der Waals surface area contributed by atoms with Crippen LogP contribution in [0.3, 0.4) is 0 Å². The summed E-state index contributed by atoms with van der Waals surface area (Å²) in [5.41, 5.74) is 8.28. The molecule has 11 heteroatoms. The van der Waals surface area contributed by atoms with Gasteiger partial charge in [-0.15, -0.1) is 0 Å². The largest absolute Gasteiger partial charge is 0.316 e. The van der Waals surface area contributed by atoms with Gasteiger partial charge in [0.25, 0.3) is 15.9 Å². The third kappa shape index (κ3) is 7.10. The van der Waals surface area contributed by atoms with Crippen LogP contribution < -0.4 is 9.73 Å². The molecule has 4 aromatic carbocycles. The summed E-state index contributed by atoms with van der Waals surface area (Å²) in [4.78, 5) is 13.1. The number of anilines is 1. The molecule has 7 nitrogen and oxygen atoms in total. The van der Waals surface area contributed by atoms with Crippen LogP contribution in [-0.4, -0.2) is 25.1 Å². The topological polar surface area (TPSA) is 83.8 Å². The zero-order valence-electron chi connectivity index (χ0n) is 24.6. The Morgan fingerprint density at radius 3 is 2.22 bits per heavy atom. The number of hydrogen-bond donors (Lipinski definition) is 1. The monoisotopic (exact) mass is 678 g/mol. The third-order valence-electron chi connectivity index (χ3n) is 7.30. The number of amides is 1. The molecule has 0 aliphatic carbocycles. The number of carbonyl (C=O) groups is 1. The van der Waals surface area contributed by atoms with Crippen LogP contribution in [0.5, 0.6) is 0 Å². The van der Waals surface area contributed by atoms with Gasteiger partial charge in [-0.25, -0.2) is 13.8 Å². The van der Waals surface area contributed by atoms with E-state index in [0.29, 0.717) is 31.9 Å². The summed E-state index contributed by atoms with van der Waals surface area (Å²) < 4.78 is 30.8. The number of hydrogen-bond acceptors (Lipinski definition) is 4. The van der Waals surface area contributed by atoms with Gasteiger partial charge >= 0.3 is 0 Å². The van der Waals surface area contributed by atoms with Crippen molar-refractivity contribution in [2.75, 3.05) is 4.31 Å². The maximum atomic E-state index is 13.8. The first kappa shape index (κ1) is 32.3. The fourth-order valence-electron chi connectivity index (χ4n) is 4.97. The second-order valence-corrected chi connectivity index (χ2v) is 13.6. The molecule has 0 bridgehead atoms. The molecule has 1 amide bonds. The molecule has 1 heterocycles. The summed E-state index contributed by atoms with van der Waals surface area (Å²) in [5, 5.41) is 5.66. The average Bonchev–Trinajstić information content (AvgIpc) is 3.30. The van der Waals surface area contributed by atoms with Gasteiger partial charge in [0.2, 0.25) is 0 Å². The van der Waals surface area contributed by atoms with Crippen molar-refractivity contribution in [3.8, 4) is 5.69 Å². The summed E-state index contributed by atoms with van der Waals surface area (Å²) in [5.74, 6) is -0.410. The Kier molecular flexibility index (Phi) is 9.70. The van der Waals surface area contributed by atoms with Crippen molar-refractivity contribution >= 4 is 62.6 Å². The van der Waals surface area contributed by atoms with Gasteiger partial charge in [0.05, 0.1) is 34.1 Å². The van der Waals surface area contributed by atoms with E-state index in [4.69, 9.17) is 34.8 Å². The molecule has 5 aromatic rings. The van der Waals surface area contributed by atoms with E-state index in [1.54, 1.807) is 91.1 Å². The standard InChI is InChI=1S/C34H29Cl3N4O3S/c1-22-9-14-29(36)19-33(22)40(45(43,44)30-7-5-4-6-8-30)21-25-10-12-26(13-11-25)34(42)39-38-20-27-17-23(2)41(24(27)3)32-16-15-28(35)18-31(32)37/h4-20H,21H2,1-3H3,(H,39,42)/b38-20+. The SMILES string of the molecule is Cc1ccc(Cl)cc1N(Cc1ccc(C(=O)N/N=C/c2cc(C)n(-c3ccc(Cl)cc3Cl)c2C)cc1)S(=O)(=O)c1ccccc1. The molecule has 0 aliphatic heterocycles. The lowest BCUT2D eigenvalue weighted by Crippen LogP contribution is -2.31. The smallest absolute Gasteiger partial charge is 0.271 e. The maximum absolute atomic E-state index is 13.8. The van der Waals surface area contributed by atoms with Gasteiger partial charge in [0, 0.05) is 32.6 Å². The quantitative estimate of drug-likeness (QED) is 0.125. The third-order valence-corrected chi connectivity index (χ3v) is 9.85. The second-order valence-electron chi connectivity index (χ2n) is 10.4. The van der Waals surface area contributed by atoms with E-state index in [0.717, 1.165) is 28.2 Å². The highest BCUT2D eigenvalue weighted by molar-refractivity contribution is 7.92. The van der Waals surface area contributed by atoms with E-state index in [9.17, 15) is 13.2 Å². The molecule has 0 saturated heterocycles. The van der Waals surface area contributed by atoms with E-state index in [1.807, 2.05) is 37.5 Å². The van der Waals surface area contributed by atoms with Crippen molar-refractivity contribution in [1.82, 2.24) is 9.99 Å². The lowest BCUT2D eigenvalue weighted by molar-refractivity contribution is 0.0955. The van der Waals surface area contributed by atoms with Gasteiger partial charge in [0.15, 0.2) is 0 Å². The van der Waals surface area contributed by atoms with Gasteiger partial charge in [-0.1, -0.05) is 71.2 Å². The highest BCUT2D eigenvalue weighted by Gasteiger charge is 2.26. The summed E-state index contributed by atoms with van der Waals surface area (Å²) in [7, 11) is -3.92. The van der Waals surface area contributed by atoms with Gasteiger partial charge in [-0.2, -0.15) is 5.10 Å². The predicted octanol–water partition coefficient (Wildman–Crippen LogP) is 8.52. The van der Waals surface area contributed by atoms with Crippen molar-refractivity contribution in [2.24, 2.45) is 5.10 Å².